The average Bonchev–Trinajstić information content (AvgIpc) is 3.80. The molecule has 5 atom stereocenters. The van der Waals surface area contributed by atoms with Crippen molar-refractivity contribution >= 4 is 23.2 Å². The zero-order chi connectivity index (χ0) is 27.1. The Hall–Kier alpha value is -2.98. The highest BCUT2D eigenvalue weighted by molar-refractivity contribution is 6.30. The largest absolute Gasteiger partial charge is 0.493 e. The second-order valence-electron chi connectivity index (χ2n) is 12.5. The first-order valence-electron chi connectivity index (χ1n) is 14.3. The molecule has 1 amide bonds. The van der Waals surface area contributed by atoms with E-state index in [4.69, 9.17) is 21.1 Å². The number of halogens is 1. The molecule has 3 aromatic carbocycles. The summed E-state index contributed by atoms with van der Waals surface area (Å²) in [5, 5.41) is 0.673. The summed E-state index contributed by atoms with van der Waals surface area (Å²) in [5.41, 5.74) is 6.54. The summed E-state index contributed by atoms with van der Waals surface area (Å²) in [6.07, 6.45) is 5.97. The van der Waals surface area contributed by atoms with Crippen molar-refractivity contribution in [1.29, 1.82) is 0 Å². The van der Waals surface area contributed by atoms with Crippen molar-refractivity contribution in [1.82, 2.24) is 0 Å². The van der Waals surface area contributed by atoms with Crippen LogP contribution in [0.15, 0.2) is 60.7 Å². The number of anilines is 1. The van der Waals surface area contributed by atoms with Gasteiger partial charge in [0.2, 0.25) is 5.91 Å². The third kappa shape index (κ3) is 3.74. The molecule has 4 nitrogen and oxygen atoms in total. The molecule has 4 aliphatic rings. The predicted molar refractivity (Wildman–Crippen MR) is 155 cm³/mol. The van der Waals surface area contributed by atoms with Gasteiger partial charge in [-0.15, -0.1) is 0 Å². The van der Waals surface area contributed by atoms with Crippen molar-refractivity contribution in [2.45, 2.75) is 70.9 Å². The number of carbonyl (C=O) groups is 1. The highest BCUT2D eigenvalue weighted by Crippen LogP contribution is 2.91. The third-order valence-electron chi connectivity index (χ3n) is 10.3. The molecule has 3 unspecified atom stereocenters. The molecule has 0 bridgehead atoms. The Bertz CT molecular complexity index is 1440. The monoisotopic (exact) mass is 541 g/mol. The summed E-state index contributed by atoms with van der Waals surface area (Å²) in [4.78, 5) is 15.8. The van der Waals surface area contributed by atoms with E-state index in [1.165, 1.54) is 31.2 Å². The Balaban J connectivity index is 1.28. The lowest BCUT2D eigenvalue weighted by atomic mass is 9.81. The van der Waals surface area contributed by atoms with Crippen LogP contribution in [0.3, 0.4) is 0 Å². The minimum Gasteiger partial charge on any atom is -0.493 e. The first-order chi connectivity index (χ1) is 18.8. The molecule has 1 aliphatic heterocycles. The molecule has 0 N–H and O–H groups in total. The number of methoxy groups -OCH3 is 1. The molecule has 3 saturated carbocycles. The van der Waals surface area contributed by atoms with Crippen LogP contribution in [0, 0.1) is 16.7 Å². The standard InChI is InChI=1S/C34H36ClNO3/c1-20(2)39-30-17-28-24(15-29(30)38-4)16-31(37)36(32(28)23-5-9-26(35)10-6-23)27-11-7-22(8-12-27)21(3)33-14-13-25-18-34(25,33)19-33/h5-12,15,17,20-21,25,32H,13-14,16,18-19H2,1-4H3/t21-,25?,32+,33?,34?/m1/s1. The molecule has 202 valence electrons. The molecule has 3 aromatic rings. The van der Waals surface area contributed by atoms with Gasteiger partial charge < -0.3 is 14.4 Å². The molecule has 39 heavy (non-hydrogen) atoms. The first-order valence-corrected chi connectivity index (χ1v) is 14.7. The van der Waals surface area contributed by atoms with Gasteiger partial charge in [-0.05, 0) is 121 Å². The molecule has 3 aliphatic carbocycles. The maximum atomic E-state index is 13.8. The summed E-state index contributed by atoms with van der Waals surface area (Å²) in [6.45, 7) is 6.44. The molecule has 1 heterocycles. The molecule has 0 radical (unpaired) electrons. The maximum Gasteiger partial charge on any atom is 0.232 e. The number of ether oxygens (including phenoxy) is 2. The van der Waals surface area contributed by atoms with Crippen molar-refractivity contribution in [2.75, 3.05) is 12.0 Å². The van der Waals surface area contributed by atoms with Crippen molar-refractivity contribution in [3.8, 4) is 11.5 Å². The third-order valence-corrected chi connectivity index (χ3v) is 10.6. The predicted octanol–water partition coefficient (Wildman–Crippen LogP) is 8.11. The number of hydrogen-bond donors (Lipinski definition) is 0. The second kappa shape index (κ2) is 8.76. The van der Waals surface area contributed by atoms with Gasteiger partial charge in [0, 0.05) is 10.7 Å². The lowest BCUT2D eigenvalue weighted by molar-refractivity contribution is -0.118. The van der Waals surface area contributed by atoms with E-state index < -0.39 is 0 Å². The van der Waals surface area contributed by atoms with Gasteiger partial charge in [0.15, 0.2) is 11.5 Å². The topological polar surface area (TPSA) is 38.8 Å². The number of fused-ring (bicyclic) bond motifs is 1. The Morgan fingerprint density at radius 2 is 1.74 bits per heavy atom. The fourth-order valence-electron chi connectivity index (χ4n) is 8.25. The number of nitrogens with zero attached hydrogens (tertiary/aromatic N) is 1. The average molecular weight is 542 g/mol. The van der Waals surface area contributed by atoms with E-state index in [0.717, 1.165) is 28.3 Å². The molecule has 7 rings (SSSR count). The van der Waals surface area contributed by atoms with Gasteiger partial charge in [-0.1, -0.05) is 42.8 Å². The molecular formula is C34H36ClNO3. The summed E-state index contributed by atoms with van der Waals surface area (Å²) in [6, 6.07) is 20.4. The van der Waals surface area contributed by atoms with Gasteiger partial charge in [-0.25, -0.2) is 0 Å². The summed E-state index contributed by atoms with van der Waals surface area (Å²) >= 11 is 6.27. The van der Waals surface area contributed by atoms with Gasteiger partial charge in [0.05, 0.1) is 25.7 Å². The van der Waals surface area contributed by atoms with Crippen LogP contribution in [0.2, 0.25) is 5.02 Å². The van der Waals surface area contributed by atoms with Crippen LogP contribution in [-0.4, -0.2) is 19.1 Å². The van der Waals surface area contributed by atoms with Crippen LogP contribution in [0.1, 0.15) is 80.7 Å². The maximum absolute atomic E-state index is 13.8. The molecule has 5 heteroatoms. The van der Waals surface area contributed by atoms with Crippen LogP contribution in [0.4, 0.5) is 5.69 Å². The number of rotatable bonds is 7. The number of hydrogen-bond acceptors (Lipinski definition) is 3. The quantitative estimate of drug-likeness (QED) is 0.303. The van der Waals surface area contributed by atoms with Crippen LogP contribution >= 0.6 is 11.6 Å². The Kier molecular flexibility index (Phi) is 5.62. The highest BCUT2D eigenvalue weighted by Gasteiger charge is 2.83. The normalized spacial score (nSPS) is 29.0. The number of benzene rings is 3. The van der Waals surface area contributed by atoms with E-state index in [2.05, 4.69) is 37.3 Å². The minimum atomic E-state index is -0.297. The number of carbonyl (C=O) groups excluding carboxylic acids is 1. The van der Waals surface area contributed by atoms with Crippen molar-refractivity contribution in [3.05, 3.63) is 87.9 Å². The van der Waals surface area contributed by atoms with E-state index in [0.29, 0.717) is 39.7 Å². The second-order valence-corrected chi connectivity index (χ2v) is 12.9. The van der Waals surface area contributed by atoms with E-state index in [1.807, 2.05) is 49.1 Å². The van der Waals surface area contributed by atoms with E-state index in [-0.39, 0.29) is 18.1 Å². The zero-order valence-electron chi connectivity index (χ0n) is 23.2. The Morgan fingerprint density at radius 3 is 2.33 bits per heavy atom. The Labute approximate surface area is 236 Å². The highest BCUT2D eigenvalue weighted by atomic mass is 35.5. The van der Waals surface area contributed by atoms with Gasteiger partial charge in [0.25, 0.3) is 0 Å². The van der Waals surface area contributed by atoms with Crippen molar-refractivity contribution in [2.24, 2.45) is 16.7 Å². The van der Waals surface area contributed by atoms with Gasteiger partial charge >= 0.3 is 0 Å². The number of amides is 1. The van der Waals surface area contributed by atoms with E-state index in [1.54, 1.807) is 7.11 Å². The Morgan fingerprint density at radius 1 is 1.00 bits per heavy atom. The fourth-order valence-corrected chi connectivity index (χ4v) is 8.37. The molecule has 0 aromatic heterocycles. The lowest BCUT2D eigenvalue weighted by Gasteiger charge is -2.38. The van der Waals surface area contributed by atoms with Gasteiger partial charge in [-0.2, -0.15) is 0 Å². The van der Waals surface area contributed by atoms with Crippen LogP contribution in [0.25, 0.3) is 0 Å². The van der Waals surface area contributed by atoms with Gasteiger partial charge in [0.1, 0.15) is 0 Å². The van der Waals surface area contributed by atoms with Crippen LogP contribution < -0.4 is 14.4 Å². The summed E-state index contributed by atoms with van der Waals surface area (Å²) in [7, 11) is 1.64. The summed E-state index contributed by atoms with van der Waals surface area (Å²) in [5.74, 6) is 2.97. The summed E-state index contributed by atoms with van der Waals surface area (Å²) < 4.78 is 11.8. The minimum absolute atomic E-state index is 0.00218. The van der Waals surface area contributed by atoms with Crippen molar-refractivity contribution in [3.63, 3.8) is 0 Å². The van der Waals surface area contributed by atoms with Crippen LogP contribution in [-0.2, 0) is 11.2 Å². The first kappa shape index (κ1) is 25.0. The van der Waals surface area contributed by atoms with Gasteiger partial charge in [-0.3, -0.25) is 4.79 Å². The lowest BCUT2D eigenvalue weighted by Crippen LogP contribution is -2.41. The fraction of sp³-hybridized carbons (Fsp3) is 0.441. The van der Waals surface area contributed by atoms with E-state index in [9.17, 15) is 4.79 Å². The zero-order valence-corrected chi connectivity index (χ0v) is 23.9. The SMILES string of the molecule is COc1cc2c(cc1OC(C)C)[C@H](c1ccc(Cl)cc1)N(c1ccc([C@@H](C)C34CCC5CC53C4)cc1)C(=O)C2. The van der Waals surface area contributed by atoms with Crippen LogP contribution in [0.5, 0.6) is 11.5 Å². The molecule has 1 spiro atoms. The van der Waals surface area contributed by atoms with Crippen molar-refractivity contribution < 1.29 is 14.3 Å². The molecule has 3 fully saturated rings. The molecule has 0 saturated heterocycles. The molecular weight excluding hydrogens is 506 g/mol. The smallest absolute Gasteiger partial charge is 0.232 e. The van der Waals surface area contributed by atoms with E-state index >= 15 is 0 Å².